The van der Waals surface area contributed by atoms with Crippen LogP contribution in [0, 0.1) is 4.91 Å². The molecule has 1 aromatic rings. The average Bonchev–Trinajstić information content (AvgIpc) is 2.43. The van der Waals surface area contributed by atoms with Gasteiger partial charge >= 0.3 is 0 Å². The van der Waals surface area contributed by atoms with E-state index in [0.29, 0.717) is 5.69 Å². The maximum atomic E-state index is 10.5. The highest BCUT2D eigenvalue weighted by molar-refractivity contribution is 7.21. The van der Waals surface area contributed by atoms with E-state index in [4.69, 9.17) is 5.73 Å². The van der Waals surface area contributed by atoms with Crippen LogP contribution in [0.4, 0.5) is 5.69 Å². The van der Waals surface area contributed by atoms with Crippen molar-refractivity contribution >= 4 is 27.2 Å². The van der Waals surface area contributed by atoms with Crippen LogP contribution in [0.1, 0.15) is 0 Å². The summed E-state index contributed by atoms with van der Waals surface area (Å²) < 4.78 is 2.31. The van der Waals surface area contributed by atoms with E-state index in [9.17, 15) is 4.91 Å². The lowest BCUT2D eigenvalue weighted by atomic mass is 10.2. The van der Waals surface area contributed by atoms with Crippen LogP contribution >= 0.6 is 11.3 Å². The van der Waals surface area contributed by atoms with E-state index >= 15 is 0 Å². The van der Waals surface area contributed by atoms with Crippen molar-refractivity contribution in [2.75, 3.05) is 12.8 Å². The molecule has 0 spiro atoms. The molecule has 94 valence electrons. The second-order valence-corrected chi connectivity index (χ2v) is 5.28. The summed E-state index contributed by atoms with van der Waals surface area (Å²) in [5.41, 5.74) is 8.31. The zero-order chi connectivity index (χ0) is 13.4. The molecule has 6 heteroatoms. The van der Waals surface area contributed by atoms with Gasteiger partial charge in [-0.15, -0.1) is 11.3 Å². The van der Waals surface area contributed by atoms with Gasteiger partial charge in [-0.3, -0.25) is 0 Å². The van der Waals surface area contributed by atoms with Gasteiger partial charge in [0.05, 0.1) is 20.8 Å². The van der Waals surface area contributed by atoms with Crippen molar-refractivity contribution < 1.29 is 0 Å². The van der Waals surface area contributed by atoms with Gasteiger partial charge in [0.1, 0.15) is 0 Å². The molecule has 0 saturated heterocycles. The molecular weight excluding hydrogens is 260 g/mol. The van der Waals surface area contributed by atoms with Crippen LogP contribution in [-0.2, 0) is 0 Å². The number of benzene rings is 2. The van der Waals surface area contributed by atoms with Crippen LogP contribution < -0.4 is 15.8 Å². The predicted octanol–water partition coefficient (Wildman–Crippen LogP) is 2.07. The summed E-state index contributed by atoms with van der Waals surface area (Å²) >= 11 is 1.59. The molecule has 1 heterocycles. The lowest BCUT2D eigenvalue weighted by molar-refractivity contribution is 0.717. The zero-order valence-corrected chi connectivity index (χ0v) is 11.0. The van der Waals surface area contributed by atoms with E-state index in [0.717, 1.165) is 26.1 Å². The topological polar surface area (TPSA) is 71.3 Å². The monoisotopic (exact) mass is 271 g/mol. The summed E-state index contributed by atoms with van der Waals surface area (Å²) in [5, 5.41) is 3.63. The average molecular weight is 271 g/mol. The van der Waals surface area contributed by atoms with Crippen LogP contribution in [0.25, 0.3) is 20.8 Å². The first-order valence-corrected chi connectivity index (χ1v) is 6.49. The van der Waals surface area contributed by atoms with E-state index in [1.54, 1.807) is 18.4 Å². The zero-order valence-electron chi connectivity index (χ0n) is 10.2. The van der Waals surface area contributed by atoms with Crippen molar-refractivity contribution in [3.8, 4) is 10.6 Å². The number of fused-ring (bicyclic) bond motifs is 2. The Bertz CT molecular complexity index is 824. The molecule has 0 atom stereocenters. The van der Waals surface area contributed by atoms with E-state index in [1.807, 2.05) is 36.4 Å². The summed E-state index contributed by atoms with van der Waals surface area (Å²) in [6.07, 6.45) is 0. The molecule has 3 rings (SSSR count). The number of nitrogen functional groups attached to an aromatic ring is 1. The van der Waals surface area contributed by atoms with Crippen molar-refractivity contribution in [2.24, 2.45) is 5.29 Å². The number of anilines is 1. The Morgan fingerprint density at radius 2 is 2.11 bits per heavy atom. The van der Waals surface area contributed by atoms with Crippen LogP contribution in [-0.4, -0.2) is 12.0 Å². The third-order valence-corrected chi connectivity index (χ3v) is 3.98. The van der Waals surface area contributed by atoms with Gasteiger partial charge in [0.25, 0.3) is 0 Å². The third kappa shape index (κ3) is 2.06. The molecule has 0 saturated carbocycles. The lowest BCUT2D eigenvalue weighted by Gasteiger charge is -2.05. The SMILES string of the molecule is C[N+](N=O)=c1ccc2nc3ccc(N)cc3sc-2c1. The van der Waals surface area contributed by atoms with Crippen LogP contribution in [0.5, 0.6) is 0 Å². The van der Waals surface area contributed by atoms with Crippen LogP contribution in [0.15, 0.2) is 41.7 Å². The van der Waals surface area contributed by atoms with E-state index in [2.05, 4.69) is 10.3 Å². The number of nitroso groups, excluding NO2 is 1. The highest BCUT2D eigenvalue weighted by atomic mass is 32.1. The Kier molecular flexibility index (Phi) is 2.72. The summed E-state index contributed by atoms with van der Waals surface area (Å²) in [5.74, 6) is 0. The first-order valence-electron chi connectivity index (χ1n) is 5.67. The number of rotatable bonds is 1. The van der Waals surface area contributed by atoms with Gasteiger partial charge in [0.2, 0.25) is 10.6 Å². The second kappa shape index (κ2) is 4.40. The Balaban J connectivity index is 2.38. The van der Waals surface area contributed by atoms with Crippen molar-refractivity contribution in [1.82, 2.24) is 9.67 Å². The molecule has 1 aliphatic heterocycles. The second-order valence-electron chi connectivity index (χ2n) is 4.20. The Morgan fingerprint density at radius 3 is 2.89 bits per heavy atom. The molecule has 1 aliphatic carbocycles. The molecule has 2 aliphatic rings. The molecule has 0 unspecified atom stereocenters. The van der Waals surface area contributed by atoms with Crippen molar-refractivity contribution in [2.45, 2.75) is 0 Å². The molecule has 2 N–H and O–H groups in total. The molecule has 1 aromatic carbocycles. The largest absolute Gasteiger partial charge is 0.399 e. The number of nitrogens with zero attached hydrogens (tertiary/aromatic N) is 3. The van der Waals surface area contributed by atoms with Gasteiger partial charge in [-0.1, -0.05) is 4.91 Å². The Hall–Kier alpha value is -2.34. The molecular formula is C13H11N4OS+. The third-order valence-electron chi connectivity index (χ3n) is 2.88. The highest BCUT2D eigenvalue weighted by Gasteiger charge is 2.09. The van der Waals surface area contributed by atoms with Crippen molar-refractivity contribution in [3.63, 3.8) is 0 Å². The van der Waals surface area contributed by atoms with E-state index in [1.165, 1.54) is 4.68 Å². The minimum Gasteiger partial charge on any atom is -0.399 e. The van der Waals surface area contributed by atoms with Gasteiger partial charge in [-0.05, 0) is 28.9 Å². The fourth-order valence-electron chi connectivity index (χ4n) is 1.88. The van der Waals surface area contributed by atoms with Gasteiger partial charge in [0, 0.05) is 17.8 Å². The van der Waals surface area contributed by atoms with Gasteiger partial charge in [-0.2, -0.15) is 0 Å². The van der Waals surface area contributed by atoms with E-state index < -0.39 is 0 Å². The predicted molar refractivity (Wildman–Crippen MR) is 77.6 cm³/mol. The Labute approximate surface area is 112 Å². The fraction of sp³-hybridized carbons (Fsp3) is 0.0769. The number of nitrogens with two attached hydrogens (primary N) is 1. The molecule has 0 bridgehead atoms. The number of hydrogen-bond acceptors (Lipinski definition) is 5. The Morgan fingerprint density at radius 1 is 1.26 bits per heavy atom. The number of hydrogen-bond donors (Lipinski definition) is 1. The maximum absolute atomic E-state index is 10.5. The molecule has 0 radical (unpaired) electrons. The van der Waals surface area contributed by atoms with E-state index in [-0.39, 0.29) is 0 Å². The van der Waals surface area contributed by atoms with Gasteiger partial charge in [-0.25, -0.2) is 4.98 Å². The first kappa shape index (κ1) is 11.7. The summed E-state index contributed by atoms with van der Waals surface area (Å²) in [6, 6.07) is 11.3. The smallest absolute Gasteiger partial charge is 0.239 e. The quantitative estimate of drug-likeness (QED) is 0.242. The lowest BCUT2D eigenvalue weighted by Crippen LogP contribution is -2.19. The fourth-order valence-corrected chi connectivity index (χ4v) is 2.93. The molecule has 19 heavy (non-hydrogen) atoms. The standard InChI is InChI=1S/C13H10N4OS/c1-17(16-18)9-3-5-11-13(7-9)19-12-6-8(14)2-4-10(12)15-11/h2-7,14H,1H3/p+1. The molecule has 0 fully saturated rings. The number of aromatic nitrogens is 1. The van der Waals surface area contributed by atoms with Crippen molar-refractivity contribution in [3.05, 3.63) is 46.7 Å². The molecule has 5 nitrogen and oxygen atoms in total. The maximum Gasteiger partial charge on any atom is 0.239 e. The highest BCUT2D eigenvalue weighted by Crippen LogP contribution is 2.30. The van der Waals surface area contributed by atoms with Crippen LogP contribution in [0.2, 0.25) is 0 Å². The molecule has 0 amide bonds. The van der Waals surface area contributed by atoms with Crippen LogP contribution in [0.3, 0.4) is 0 Å². The van der Waals surface area contributed by atoms with Gasteiger partial charge < -0.3 is 5.73 Å². The summed E-state index contributed by atoms with van der Waals surface area (Å²) in [7, 11) is 1.62. The minimum absolute atomic E-state index is 0.715. The normalized spacial score (nSPS) is 12.7. The summed E-state index contributed by atoms with van der Waals surface area (Å²) in [4.78, 5) is 16.1. The molecule has 0 aromatic heterocycles. The van der Waals surface area contributed by atoms with Crippen molar-refractivity contribution in [1.29, 1.82) is 0 Å². The van der Waals surface area contributed by atoms with Gasteiger partial charge in [0.15, 0.2) is 7.05 Å². The first-order chi connectivity index (χ1) is 9.17. The summed E-state index contributed by atoms with van der Waals surface area (Å²) in [6.45, 7) is 0. The minimum atomic E-state index is 0.715.